The van der Waals surface area contributed by atoms with Crippen LogP contribution in [0.15, 0.2) is 18.2 Å². The van der Waals surface area contributed by atoms with Gasteiger partial charge in [-0.2, -0.15) is 0 Å². The van der Waals surface area contributed by atoms with Gasteiger partial charge in [0.05, 0.1) is 5.56 Å². The molecule has 0 atom stereocenters. The number of nitrogens with zero attached hydrogens (tertiary/aromatic N) is 4. The maximum Gasteiger partial charge on any atom is 0.253 e. The molecule has 0 unspecified atom stereocenters. The van der Waals surface area contributed by atoms with Gasteiger partial charge in [-0.05, 0) is 51.5 Å². The molecule has 0 saturated heterocycles. The molecule has 0 bridgehead atoms. The zero-order valence-electron chi connectivity index (χ0n) is 14.6. The molecule has 6 nitrogen and oxygen atoms in total. The van der Waals surface area contributed by atoms with Gasteiger partial charge >= 0.3 is 0 Å². The van der Waals surface area contributed by atoms with Crippen molar-refractivity contribution in [1.82, 2.24) is 24.8 Å². The highest BCUT2D eigenvalue weighted by molar-refractivity contribution is 6.04. The zero-order valence-corrected chi connectivity index (χ0v) is 14.6. The molecule has 1 N–H and O–H groups in total. The average molecular weight is 323 g/mol. The van der Waals surface area contributed by atoms with Crippen molar-refractivity contribution in [2.75, 3.05) is 0 Å². The molecular formula is C18H21N5O. The van der Waals surface area contributed by atoms with Gasteiger partial charge in [-0.3, -0.25) is 9.78 Å². The van der Waals surface area contributed by atoms with Crippen molar-refractivity contribution < 1.29 is 4.79 Å². The predicted octanol–water partition coefficient (Wildman–Crippen LogP) is 2.53. The van der Waals surface area contributed by atoms with Gasteiger partial charge in [-0.1, -0.05) is 0 Å². The fourth-order valence-corrected chi connectivity index (χ4v) is 2.86. The zero-order chi connectivity index (χ0) is 17.4. The topological polar surface area (TPSA) is 72.7 Å². The van der Waals surface area contributed by atoms with E-state index in [0.29, 0.717) is 17.6 Å². The van der Waals surface area contributed by atoms with E-state index in [1.165, 1.54) is 0 Å². The molecule has 0 aliphatic carbocycles. The predicted molar refractivity (Wildman–Crippen MR) is 92.9 cm³/mol. The normalized spacial score (nSPS) is 11.0. The van der Waals surface area contributed by atoms with Crippen molar-refractivity contribution in [3.8, 4) is 0 Å². The van der Waals surface area contributed by atoms with Crippen molar-refractivity contribution in [2.24, 2.45) is 7.05 Å². The Kier molecular flexibility index (Phi) is 4.05. The highest BCUT2D eigenvalue weighted by Crippen LogP contribution is 2.18. The van der Waals surface area contributed by atoms with E-state index in [4.69, 9.17) is 0 Å². The lowest BCUT2D eigenvalue weighted by Crippen LogP contribution is -2.23. The Bertz CT molecular complexity index is 922. The van der Waals surface area contributed by atoms with Gasteiger partial charge in [0.25, 0.3) is 5.91 Å². The Labute approximate surface area is 141 Å². The standard InChI is InChI=1S/C18H21N5O/c1-10-6-14(7-11(2)20-10)9-19-18(24)15-8-12(3)21-17-16(15)22-13(4)23(17)5/h6-8H,9H2,1-5H3,(H,19,24). The van der Waals surface area contributed by atoms with Crippen LogP contribution in [0, 0.1) is 27.7 Å². The minimum absolute atomic E-state index is 0.143. The molecule has 0 saturated carbocycles. The van der Waals surface area contributed by atoms with Crippen LogP contribution in [0.4, 0.5) is 0 Å². The van der Waals surface area contributed by atoms with Crippen LogP contribution in [-0.2, 0) is 13.6 Å². The van der Waals surface area contributed by atoms with Crippen LogP contribution in [-0.4, -0.2) is 25.4 Å². The number of fused-ring (bicyclic) bond motifs is 1. The molecule has 3 rings (SSSR count). The summed E-state index contributed by atoms with van der Waals surface area (Å²) in [7, 11) is 1.90. The van der Waals surface area contributed by atoms with Crippen LogP contribution in [0.2, 0.25) is 0 Å². The maximum atomic E-state index is 12.7. The summed E-state index contributed by atoms with van der Waals surface area (Å²) < 4.78 is 1.90. The minimum Gasteiger partial charge on any atom is -0.348 e. The van der Waals surface area contributed by atoms with Gasteiger partial charge in [0.1, 0.15) is 11.3 Å². The number of rotatable bonds is 3. The first-order valence-electron chi connectivity index (χ1n) is 7.88. The number of carbonyl (C=O) groups excluding carboxylic acids is 1. The second-order valence-corrected chi connectivity index (χ2v) is 6.14. The van der Waals surface area contributed by atoms with Gasteiger partial charge in [-0.15, -0.1) is 0 Å². The number of pyridine rings is 2. The fourth-order valence-electron chi connectivity index (χ4n) is 2.86. The van der Waals surface area contributed by atoms with Crippen LogP contribution < -0.4 is 5.32 Å². The Morgan fingerprint density at radius 2 is 1.62 bits per heavy atom. The number of carbonyl (C=O) groups is 1. The van der Waals surface area contributed by atoms with E-state index in [2.05, 4.69) is 20.3 Å². The molecule has 1 amide bonds. The fraction of sp³-hybridized carbons (Fsp3) is 0.333. The Morgan fingerprint density at radius 3 is 2.29 bits per heavy atom. The highest BCUT2D eigenvalue weighted by atomic mass is 16.1. The molecule has 24 heavy (non-hydrogen) atoms. The number of amides is 1. The molecular weight excluding hydrogens is 302 g/mol. The second-order valence-electron chi connectivity index (χ2n) is 6.14. The van der Waals surface area contributed by atoms with Crippen molar-refractivity contribution in [3.05, 3.63) is 52.2 Å². The van der Waals surface area contributed by atoms with Crippen molar-refractivity contribution >= 4 is 17.1 Å². The summed E-state index contributed by atoms with van der Waals surface area (Å²) in [5, 5.41) is 2.97. The van der Waals surface area contributed by atoms with Crippen molar-refractivity contribution in [2.45, 2.75) is 34.2 Å². The van der Waals surface area contributed by atoms with E-state index in [0.717, 1.165) is 34.1 Å². The minimum atomic E-state index is -0.143. The quantitative estimate of drug-likeness (QED) is 0.804. The van der Waals surface area contributed by atoms with Gasteiger partial charge < -0.3 is 9.88 Å². The van der Waals surface area contributed by atoms with Crippen molar-refractivity contribution in [3.63, 3.8) is 0 Å². The van der Waals surface area contributed by atoms with E-state index < -0.39 is 0 Å². The molecule has 3 heterocycles. The lowest BCUT2D eigenvalue weighted by atomic mass is 10.1. The first-order valence-corrected chi connectivity index (χ1v) is 7.88. The van der Waals surface area contributed by atoms with Crippen LogP contribution >= 0.6 is 0 Å². The lowest BCUT2D eigenvalue weighted by molar-refractivity contribution is 0.0952. The van der Waals surface area contributed by atoms with E-state index >= 15 is 0 Å². The average Bonchev–Trinajstić information content (AvgIpc) is 2.79. The summed E-state index contributed by atoms with van der Waals surface area (Å²) in [6.45, 7) is 8.14. The first kappa shape index (κ1) is 16.1. The summed E-state index contributed by atoms with van der Waals surface area (Å²) in [4.78, 5) is 26.0. The van der Waals surface area contributed by atoms with E-state index in [1.807, 2.05) is 51.4 Å². The third-order valence-electron chi connectivity index (χ3n) is 4.02. The summed E-state index contributed by atoms with van der Waals surface area (Å²) in [5.74, 6) is 0.688. The number of aromatic nitrogens is 4. The highest BCUT2D eigenvalue weighted by Gasteiger charge is 2.16. The molecule has 3 aromatic rings. The number of nitrogens with one attached hydrogen (secondary N) is 1. The third-order valence-corrected chi connectivity index (χ3v) is 4.02. The molecule has 0 fully saturated rings. The third kappa shape index (κ3) is 2.99. The Hall–Kier alpha value is -2.76. The molecule has 6 heteroatoms. The van der Waals surface area contributed by atoms with Gasteiger partial charge in [0.15, 0.2) is 5.65 Å². The van der Waals surface area contributed by atoms with E-state index in [-0.39, 0.29) is 5.91 Å². The first-order chi connectivity index (χ1) is 11.3. The molecule has 0 aliphatic rings. The Morgan fingerprint density at radius 1 is 1.00 bits per heavy atom. The van der Waals surface area contributed by atoms with E-state index in [9.17, 15) is 4.79 Å². The van der Waals surface area contributed by atoms with Crippen LogP contribution in [0.25, 0.3) is 11.2 Å². The lowest BCUT2D eigenvalue weighted by Gasteiger charge is -2.08. The van der Waals surface area contributed by atoms with Gasteiger partial charge in [0.2, 0.25) is 0 Å². The molecule has 0 aromatic carbocycles. The van der Waals surface area contributed by atoms with Crippen LogP contribution in [0.3, 0.4) is 0 Å². The number of hydrogen-bond donors (Lipinski definition) is 1. The van der Waals surface area contributed by atoms with Crippen LogP contribution in [0.5, 0.6) is 0 Å². The summed E-state index contributed by atoms with van der Waals surface area (Å²) in [6, 6.07) is 5.74. The number of aryl methyl sites for hydroxylation is 5. The smallest absolute Gasteiger partial charge is 0.253 e. The maximum absolute atomic E-state index is 12.7. The largest absolute Gasteiger partial charge is 0.348 e. The molecule has 0 spiro atoms. The van der Waals surface area contributed by atoms with E-state index in [1.54, 1.807) is 6.07 Å². The monoisotopic (exact) mass is 323 g/mol. The molecule has 124 valence electrons. The molecule has 0 aliphatic heterocycles. The van der Waals surface area contributed by atoms with Gasteiger partial charge in [0, 0.05) is 30.7 Å². The number of hydrogen-bond acceptors (Lipinski definition) is 4. The van der Waals surface area contributed by atoms with Gasteiger partial charge in [-0.25, -0.2) is 9.97 Å². The summed E-state index contributed by atoms with van der Waals surface area (Å²) in [5.41, 5.74) is 5.65. The Balaban J connectivity index is 1.90. The van der Waals surface area contributed by atoms with Crippen molar-refractivity contribution in [1.29, 1.82) is 0 Å². The molecule has 3 aromatic heterocycles. The number of imidazole rings is 1. The molecule has 0 radical (unpaired) electrons. The van der Waals surface area contributed by atoms with Crippen LogP contribution in [0.1, 0.15) is 38.8 Å². The second kappa shape index (κ2) is 6.03. The summed E-state index contributed by atoms with van der Waals surface area (Å²) in [6.07, 6.45) is 0. The summed E-state index contributed by atoms with van der Waals surface area (Å²) >= 11 is 0. The SMILES string of the molecule is Cc1cc(CNC(=O)c2cc(C)nc3c2nc(C)n3C)cc(C)n1.